The third-order valence-electron chi connectivity index (χ3n) is 6.14. The Morgan fingerprint density at radius 1 is 1.20 bits per heavy atom. The molecule has 1 fully saturated rings. The number of nitriles is 1. The van der Waals surface area contributed by atoms with Gasteiger partial charge in [0.1, 0.15) is 9.84 Å². The Labute approximate surface area is 181 Å². The van der Waals surface area contributed by atoms with Crippen molar-refractivity contribution in [2.75, 3.05) is 12.0 Å². The second-order valence-corrected chi connectivity index (χ2v) is 10.8. The Bertz CT molecular complexity index is 1280. The highest BCUT2D eigenvalue weighted by atomic mass is 35.5. The molecule has 1 aliphatic rings. The van der Waals surface area contributed by atoms with Gasteiger partial charge in [0, 0.05) is 46.7 Å². The van der Waals surface area contributed by atoms with E-state index in [1.54, 1.807) is 6.20 Å². The molecule has 3 aromatic rings. The molecule has 2 aromatic heterocycles. The third-order valence-corrected chi connectivity index (χ3v) is 8.24. The Kier molecular flexibility index (Phi) is 5.25. The first-order valence-electron chi connectivity index (χ1n) is 9.84. The standard InChI is InChI=1S/C22H23ClN4O2S/c1-13-7-21-17(8-14(13)9-24)19(18-10-26-11-20(25)22(18)23)12-27(21)15-3-5-16(6-4-15)30(2,28)29/h7-8,10-12,15-16H,3-6,25H2,1-2H3. The molecule has 6 nitrogen and oxygen atoms in total. The fourth-order valence-electron chi connectivity index (χ4n) is 4.44. The Balaban J connectivity index is 1.86. The first kappa shape index (κ1) is 20.7. The smallest absolute Gasteiger partial charge is 0.150 e. The van der Waals surface area contributed by atoms with E-state index in [0.29, 0.717) is 29.1 Å². The number of aryl methyl sites for hydroxylation is 1. The van der Waals surface area contributed by atoms with E-state index in [0.717, 1.165) is 40.4 Å². The molecule has 2 heterocycles. The summed E-state index contributed by atoms with van der Waals surface area (Å²) in [5.41, 5.74) is 10.5. The summed E-state index contributed by atoms with van der Waals surface area (Å²) in [5.74, 6) is 0. The van der Waals surface area contributed by atoms with Gasteiger partial charge in [-0.15, -0.1) is 0 Å². The fourth-order valence-corrected chi connectivity index (χ4v) is 5.77. The molecule has 2 N–H and O–H groups in total. The number of nitrogens with zero attached hydrogens (tertiary/aromatic N) is 3. The summed E-state index contributed by atoms with van der Waals surface area (Å²) in [6.07, 6.45) is 9.42. The number of aromatic nitrogens is 2. The van der Waals surface area contributed by atoms with Gasteiger partial charge in [0.25, 0.3) is 0 Å². The number of anilines is 1. The molecular formula is C22H23ClN4O2S. The van der Waals surface area contributed by atoms with Crippen molar-refractivity contribution in [1.82, 2.24) is 9.55 Å². The Hall–Kier alpha value is -2.56. The molecule has 30 heavy (non-hydrogen) atoms. The van der Waals surface area contributed by atoms with Crippen molar-refractivity contribution in [2.45, 2.75) is 43.9 Å². The topological polar surface area (TPSA) is 102 Å². The van der Waals surface area contributed by atoms with Gasteiger partial charge in [-0.05, 0) is 50.3 Å². The lowest BCUT2D eigenvalue weighted by Gasteiger charge is -2.29. The monoisotopic (exact) mass is 442 g/mol. The summed E-state index contributed by atoms with van der Waals surface area (Å²) < 4.78 is 26.1. The van der Waals surface area contributed by atoms with Crippen LogP contribution in [0.4, 0.5) is 5.69 Å². The predicted octanol–water partition coefficient (Wildman–Crippen LogP) is 4.65. The number of rotatable bonds is 3. The lowest BCUT2D eigenvalue weighted by molar-refractivity contribution is 0.360. The van der Waals surface area contributed by atoms with E-state index in [-0.39, 0.29) is 11.3 Å². The number of hydrogen-bond donors (Lipinski definition) is 1. The van der Waals surface area contributed by atoms with Crippen LogP contribution in [0, 0.1) is 18.3 Å². The molecule has 0 bridgehead atoms. The molecule has 0 amide bonds. The van der Waals surface area contributed by atoms with Crippen molar-refractivity contribution >= 4 is 38.0 Å². The normalized spacial score (nSPS) is 19.7. The second kappa shape index (κ2) is 7.60. The van der Waals surface area contributed by atoms with Gasteiger partial charge in [-0.3, -0.25) is 4.98 Å². The zero-order valence-electron chi connectivity index (χ0n) is 16.9. The summed E-state index contributed by atoms with van der Waals surface area (Å²) in [6, 6.07) is 6.34. The van der Waals surface area contributed by atoms with E-state index in [9.17, 15) is 13.7 Å². The highest BCUT2D eigenvalue weighted by Crippen LogP contribution is 2.41. The molecule has 0 unspecified atom stereocenters. The number of hydrogen-bond acceptors (Lipinski definition) is 5. The number of halogens is 1. The van der Waals surface area contributed by atoms with Gasteiger partial charge >= 0.3 is 0 Å². The van der Waals surface area contributed by atoms with Crippen LogP contribution >= 0.6 is 11.6 Å². The van der Waals surface area contributed by atoms with Crippen molar-refractivity contribution in [3.05, 3.63) is 46.9 Å². The summed E-state index contributed by atoms with van der Waals surface area (Å²) in [4.78, 5) is 4.20. The third kappa shape index (κ3) is 3.55. The molecule has 0 radical (unpaired) electrons. The van der Waals surface area contributed by atoms with Crippen LogP contribution in [0.25, 0.3) is 22.0 Å². The van der Waals surface area contributed by atoms with Crippen molar-refractivity contribution < 1.29 is 8.42 Å². The van der Waals surface area contributed by atoms with Crippen LogP contribution in [0.2, 0.25) is 5.02 Å². The maximum Gasteiger partial charge on any atom is 0.150 e. The van der Waals surface area contributed by atoms with Crippen LogP contribution in [0.15, 0.2) is 30.7 Å². The number of pyridine rings is 1. The average Bonchev–Trinajstić information content (AvgIpc) is 3.07. The van der Waals surface area contributed by atoms with E-state index in [1.807, 2.05) is 25.3 Å². The SMILES string of the molecule is Cc1cc2c(cc1C#N)c(-c1cncc(N)c1Cl)cn2C1CCC(S(C)(=O)=O)CC1. The summed E-state index contributed by atoms with van der Waals surface area (Å²) in [5, 5.41) is 10.6. The number of sulfone groups is 1. The van der Waals surface area contributed by atoms with E-state index >= 15 is 0 Å². The van der Waals surface area contributed by atoms with Crippen LogP contribution in [-0.4, -0.2) is 29.5 Å². The Morgan fingerprint density at radius 3 is 2.53 bits per heavy atom. The molecule has 4 rings (SSSR count). The zero-order chi connectivity index (χ0) is 21.6. The first-order valence-corrected chi connectivity index (χ1v) is 12.2. The minimum Gasteiger partial charge on any atom is -0.396 e. The number of nitrogen functional groups attached to an aromatic ring is 1. The minimum absolute atomic E-state index is 0.180. The van der Waals surface area contributed by atoms with E-state index in [1.165, 1.54) is 12.5 Å². The largest absolute Gasteiger partial charge is 0.396 e. The summed E-state index contributed by atoms with van der Waals surface area (Å²) in [6.45, 7) is 1.92. The van der Waals surface area contributed by atoms with Crippen molar-refractivity contribution in [1.29, 1.82) is 5.26 Å². The van der Waals surface area contributed by atoms with Crippen molar-refractivity contribution in [3.8, 4) is 17.2 Å². The van der Waals surface area contributed by atoms with E-state index in [2.05, 4.69) is 15.6 Å². The highest BCUT2D eigenvalue weighted by Gasteiger charge is 2.30. The quantitative estimate of drug-likeness (QED) is 0.636. The zero-order valence-corrected chi connectivity index (χ0v) is 18.5. The maximum absolute atomic E-state index is 11.9. The molecule has 0 spiro atoms. The molecule has 0 saturated heterocycles. The molecular weight excluding hydrogens is 420 g/mol. The van der Waals surface area contributed by atoms with Crippen LogP contribution in [0.3, 0.4) is 0 Å². The lowest BCUT2D eigenvalue weighted by atomic mass is 9.94. The Morgan fingerprint density at radius 2 is 1.90 bits per heavy atom. The molecule has 8 heteroatoms. The average molecular weight is 443 g/mol. The summed E-state index contributed by atoms with van der Waals surface area (Å²) >= 11 is 6.49. The molecule has 1 aromatic carbocycles. The van der Waals surface area contributed by atoms with Crippen LogP contribution in [0.1, 0.15) is 42.9 Å². The fraction of sp³-hybridized carbons (Fsp3) is 0.364. The summed E-state index contributed by atoms with van der Waals surface area (Å²) in [7, 11) is -3.02. The van der Waals surface area contributed by atoms with E-state index in [4.69, 9.17) is 17.3 Å². The maximum atomic E-state index is 11.9. The van der Waals surface area contributed by atoms with Crippen LogP contribution in [-0.2, 0) is 9.84 Å². The van der Waals surface area contributed by atoms with Gasteiger partial charge in [-0.25, -0.2) is 8.42 Å². The lowest BCUT2D eigenvalue weighted by Crippen LogP contribution is -2.27. The van der Waals surface area contributed by atoms with Crippen LogP contribution < -0.4 is 5.73 Å². The number of benzene rings is 1. The minimum atomic E-state index is -3.02. The van der Waals surface area contributed by atoms with Crippen molar-refractivity contribution in [2.24, 2.45) is 0 Å². The van der Waals surface area contributed by atoms with Crippen LogP contribution in [0.5, 0.6) is 0 Å². The predicted molar refractivity (Wildman–Crippen MR) is 120 cm³/mol. The highest BCUT2D eigenvalue weighted by molar-refractivity contribution is 7.91. The van der Waals surface area contributed by atoms with Gasteiger partial charge in [0.2, 0.25) is 0 Å². The molecule has 156 valence electrons. The van der Waals surface area contributed by atoms with Crippen molar-refractivity contribution in [3.63, 3.8) is 0 Å². The van der Waals surface area contributed by atoms with Gasteiger partial charge in [0.05, 0.1) is 33.8 Å². The molecule has 1 saturated carbocycles. The van der Waals surface area contributed by atoms with E-state index < -0.39 is 9.84 Å². The number of fused-ring (bicyclic) bond motifs is 1. The molecule has 1 aliphatic carbocycles. The first-order chi connectivity index (χ1) is 14.2. The van der Waals surface area contributed by atoms with Gasteiger partial charge < -0.3 is 10.3 Å². The van der Waals surface area contributed by atoms with Gasteiger partial charge in [-0.2, -0.15) is 5.26 Å². The van der Waals surface area contributed by atoms with Gasteiger partial charge in [-0.1, -0.05) is 11.6 Å². The number of nitrogens with two attached hydrogens (primary N) is 1. The second-order valence-electron chi connectivity index (χ2n) is 8.10. The van der Waals surface area contributed by atoms with Gasteiger partial charge in [0.15, 0.2) is 0 Å². The molecule has 0 atom stereocenters. The molecule has 0 aliphatic heterocycles.